The smallest absolute Gasteiger partial charge is 0.311 e. The van der Waals surface area contributed by atoms with Gasteiger partial charge in [-0.15, -0.1) is 0 Å². The van der Waals surface area contributed by atoms with Crippen molar-refractivity contribution in [2.45, 2.75) is 19.3 Å². The zero-order valence-electron chi connectivity index (χ0n) is 9.39. The lowest BCUT2D eigenvalue weighted by molar-refractivity contribution is -0.138. The number of hydrogen-bond donors (Lipinski definition) is 1. The molecule has 1 rings (SSSR count). The summed E-state index contributed by atoms with van der Waals surface area (Å²) in [6, 6.07) is 9.27. The van der Waals surface area contributed by atoms with Gasteiger partial charge >= 0.3 is 5.97 Å². The molecule has 0 heterocycles. The van der Waals surface area contributed by atoms with Crippen LogP contribution in [0.25, 0.3) is 0 Å². The van der Waals surface area contributed by atoms with E-state index in [9.17, 15) is 4.79 Å². The van der Waals surface area contributed by atoms with Crippen molar-refractivity contribution in [2.24, 2.45) is 0 Å². The molecular weight excluding hydrogens is 200 g/mol. The van der Waals surface area contributed by atoms with Crippen molar-refractivity contribution in [2.75, 3.05) is 0 Å². The van der Waals surface area contributed by atoms with Crippen LogP contribution < -0.4 is 0 Å². The van der Waals surface area contributed by atoms with Crippen LogP contribution in [0.2, 0.25) is 0 Å². The maximum Gasteiger partial charge on any atom is 0.311 e. The third kappa shape index (κ3) is 3.73. The van der Waals surface area contributed by atoms with Gasteiger partial charge in [0, 0.05) is 0 Å². The monoisotopic (exact) mass is 216 g/mol. The maximum absolute atomic E-state index is 11.1. The van der Waals surface area contributed by atoms with Gasteiger partial charge in [0.15, 0.2) is 0 Å². The van der Waals surface area contributed by atoms with E-state index < -0.39 is 11.9 Å². The summed E-state index contributed by atoms with van der Waals surface area (Å²) >= 11 is 0. The molecule has 1 N–H and O–H groups in total. The van der Waals surface area contributed by atoms with Gasteiger partial charge in [0.1, 0.15) is 0 Å². The molecule has 16 heavy (non-hydrogen) atoms. The van der Waals surface area contributed by atoms with Crippen LogP contribution in [0.1, 0.15) is 24.8 Å². The van der Waals surface area contributed by atoms with Crippen LogP contribution in [-0.2, 0) is 4.79 Å². The van der Waals surface area contributed by atoms with Gasteiger partial charge in [-0.2, -0.15) is 0 Å². The van der Waals surface area contributed by atoms with Crippen molar-refractivity contribution in [1.29, 1.82) is 0 Å². The van der Waals surface area contributed by atoms with E-state index >= 15 is 0 Å². The predicted molar refractivity (Wildman–Crippen MR) is 65.4 cm³/mol. The Morgan fingerprint density at radius 2 is 2.06 bits per heavy atom. The van der Waals surface area contributed by atoms with E-state index in [-0.39, 0.29) is 0 Å². The fourth-order valence-electron chi connectivity index (χ4n) is 1.47. The molecule has 0 aliphatic carbocycles. The Labute approximate surface area is 95.9 Å². The van der Waals surface area contributed by atoms with E-state index in [1.807, 2.05) is 49.4 Å². The summed E-state index contributed by atoms with van der Waals surface area (Å²) in [7, 11) is 0. The maximum atomic E-state index is 11.1. The molecule has 84 valence electrons. The van der Waals surface area contributed by atoms with Crippen molar-refractivity contribution < 1.29 is 9.90 Å². The van der Waals surface area contributed by atoms with Gasteiger partial charge in [0.2, 0.25) is 0 Å². The van der Waals surface area contributed by atoms with E-state index in [0.717, 1.165) is 11.1 Å². The minimum absolute atomic E-state index is 0.475. The van der Waals surface area contributed by atoms with E-state index in [1.54, 1.807) is 0 Å². The Morgan fingerprint density at radius 1 is 1.44 bits per heavy atom. The molecule has 0 fully saturated rings. The SMILES string of the molecule is C=C(C)/C=C/CC(C(=O)O)c1ccccc1. The molecule has 0 aromatic heterocycles. The zero-order valence-corrected chi connectivity index (χ0v) is 9.39. The molecule has 0 spiro atoms. The molecule has 0 aliphatic heterocycles. The molecule has 0 aliphatic rings. The van der Waals surface area contributed by atoms with Crippen molar-refractivity contribution in [1.82, 2.24) is 0 Å². The Morgan fingerprint density at radius 3 is 2.56 bits per heavy atom. The summed E-state index contributed by atoms with van der Waals surface area (Å²) in [4.78, 5) is 11.1. The Hall–Kier alpha value is -1.83. The number of carbonyl (C=O) groups is 1. The number of hydrogen-bond acceptors (Lipinski definition) is 1. The van der Waals surface area contributed by atoms with Gasteiger partial charge in [-0.1, -0.05) is 54.6 Å². The summed E-state index contributed by atoms with van der Waals surface area (Å²) in [5.74, 6) is -1.27. The lowest BCUT2D eigenvalue weighted by atomic mass is 9.95. The number of benzene rings is 1. The second-order valence-electron chi connectivity index (χ2n) is 3.79. The van der Waals surface area contributed by atoms with Gasteiger partial charge in [0.25, 0.3) is 0 Å². The highest BCUT2D eigenvalue weighted by molar-refractivity contribution is 5.76. The van der Waals surface area contributed by atoms with Crippen LogP contribution >= 0.6 is 0 Å². The number of allylic oxidation sites excluding steroid dienone is 3. The van der Waals surface area contributed by atoms with E-state index in [1.165, 1.54) is 0 Å². The summed E-state index contributed by atoms with van der Waals surface area (Å²) in [5, 5.41) is 9.14. The van der Waals surface area contributed by atoms with Crippen molar-refractivity contribution in [3.05, 3.63) is 60.2 Å². The third-order valence-corrected chi connectivity index (χ3v) is 2.27. The van der Waals surface area contributed by atoms with Gasteiger partial charge in [-0.05, 0) is 18.9 Å². The van der Waals surface area contributed by atoms with Crippen LogP contribution in [0.3, 0.4) is 0 Å². The van der Waals surface area contributed by atoms with Gasteiger partial charge in [0.05, 0.1) is 5.92 Å². The van der Waals surface area contributed by atoms with E-state index in [4.69, 9.17) is 5.11 Å². The lowest BCUT2D eigenvalue weighted by Gasteiger charge is -2.09. The first-order valence-electron chi connectivity index (χ1n) is 5.21. The Bertz CT molecular complexity index is 390. The summed E-state index contributed by atoms with van der Waals surface area (Å²) < 4.78 is 0. The number of carboxylic acid groups (broad SMARTS) is 1. The molecule has 0 amide bonds. The molecule has 1 unspecified atom stereocenters. The van der Waals surface area contributed by atoms with Crippen LogP contribution in [0.5, 0.6) is 0 Å². The zero-order chi connectivity index (χ0) is 12.0. The predicted octanol–water partition coefficient (Wildman–Crippen LogP) is 3.38. The van der Waals surface area contributed by atoms with Gasteiger partial charge in [-0.3, -0.25) is 4.79 Å². The number of rotatable bonds is 5. The fourth-order valence-corrected chi connectivity index (χ4v) is 1.47. The second-order valence-corrected chi connectivity index (χ2v) is 3.79. The first-order chi connectivity index (χ1) is 7.61. The molecule has 2 heteroatoms. The van der Waals surface area contributed by atoms with Crippen LogP contribution in [0, 0.1) is 0 Å². The minimum atomic E-state index is -0.794. The molecule has 1 atom stereocenters. The molecule has 0 bridgehead atoms. The standard InChI is InChI=1S/C14H16O2/c1-11(2)7-6-10-13(14(15)16)12-8-4-3-5-9-12/h3-9,13H,1,10H2,2H3,(H,15,16)/b7-6+. The van der Waals surface area contributed by atoms with Crippen molar-refractivity contribution >= 4 is 5.97 Å². The molecule has 0 saturated heterocycles. The molecule has 1 aromatic rings. The summed E-state index contributed by atoms with van der Waals surface area (Å²) in [5.41, 5.74) is 1.76. The minimum Gasteiger partial charge on any atom is -0.481 e. The highest BCUT2D eigenvalue weighted by Crippen LogP contribution is 2.20. The van der Waals surface area contributed by atoms with Crippen molar-refractivity contribution in [3.8, 4) is 0 Å². The van der Waals surface area contributed by atoms with Gasteiger partial charge < -0.3 is 5.11 Å². The number of aliphatic carboxylic acids is 1. The molecule has 0 radical (unpaired) electrons. The molecular formula is C14H16O2. The first-order valence-corrected chi connectivity index (χ1v) is 5.21. The largest absolute Gasteiger partial charge is 0.481 e. The highest BCUT2D eigenvalue weighted by Gasteiger charge is 2.17. The second kappa shape index (κ2) is 5.91. The van der Waals surface area contributed by atoms with Crippen molar-refractivity contribution in [3.63, 3.8) is 0 Å². The molecule has 0 saturated carbocycles. The van der Waals surface area contributed by atoms with Crippen LogP contribution in [0.4, 0.5) is 0 Å². The highest BCUT2D eigenvalue weighted by atomic mass is 16.4. The lowest BCUT2D eigenvalue weighted by Crippen LogP contribution is -2.10. The average molecular weight is 216 g/mol. The Balaban J connectivity index is 2.77. The third-order valence-electron chi connectivity index (χ3n) is 2.27. The normalized spacial score (nSPS) is 12.6. The van der Waals surface area contributed by atoms with E-state index in [2.05, 4.69) is 6.58 Å². The first kappa shape index (κ1) is 12.2. The van der Waals surface area contributed by atoms with Gasteiger partial charge in [-0.25, -0.2) is 0 Å². The topological polar surface area (TPSA) is 37.3 Å². The van der Waals surface area contributed by atoms with E-state index in [0.29, 0.717) is 6.42 Å². The summed E-state index contributed by atoms with van der Waals surface area (Å²) in [6.45, 7) is 5.62. The summed E-state index contributed by atoms with van der Waals surface area (Å²) in [6.07, 6.45) is 4.19. The molecule has 2 nitrogen and oxygen atoms in total. The average Bonchev–Trinajstić information content (AvgIpc) is 2.25. The fraction of sp³-hybridized carbons (Fsp3) is 0.214. The van der Waals surface area contributed by atoms with Crippen LogP contribution in [0.15, 0.2) is 54.6 Å². The quantitative estimate of drug-likeness (QED) is 0.766. The van der Waals surface area contributed by atoms with Crippen LogP contribution in [-0.4, -0.2) is 11.1 Å². The molecule has 1 aromatic carbocycles. The number of carboxylic acids is 1. The Kier molecular flexibility index (Phi) is 4.52.